The van der Waals surface area contributed by atoms with Crippen molar-refractivity contribution in [3.8, 4) is 0 Å². The molecule has 0 unspecified atom stereocenters. The molecule has 1 aliphatic carbocycles. The van der Waals surface area contributed by atoms with Crippen LogP contribution in [0.4, 0.5) is 0 Å². The topological polar surface area (TPSA) is 82.2 Å². The van der Waals surface area contributed by atoms with Gasteiger partial charge < -0.3 is 15.4 Å². The van der Waals surface area contributed by atoms with E-state index >= 15 is 0 Å². The molecule has 0 atom stereocenters. The summed E-state index contributed by atoms with van der Waals surface area (Å²) in [5.41, 5.74) is -0.387. The summed E-state index contributed by atoms with van der Waals surface area (Å²) in [7, 11) is 0. The number of nitrogens with one attached hydrogen (secondary N) is 2. The first-order chi connectivity index (χ1) is 9.30. The van der Waals surface area contributed by atoms with E-state index < -0.39 is 5.60 Å². The highest BCUT2D eigenvalue weighted by Gasteiger charge is 2.36. The lowest BCUT2D eigenvalue weighted by Crippen LogP contribution is -2.46. The monoisotopic (exact) mass is 278 g/mol. The number of aliphatic hydroxyl groups is 1. The molecule has 1 saturated carbocycles. The molecule has 0 bridgehead atoms. The molecule has 5 heteroatoms. The van der Waals surface area contributed by atoms with Gasteiger partial charge in [0.2, 0.25) is 5.56 Å². The van der Waals surface area contributed by atoms with E-state index in [1.54, 1.807) is 0 Å². The van der Waals surface area contributed by atoms with Crippen LogP contribution in [0.1, 0.15) is 49.9 Å². The van der Waals surface area contributed by atoms with Crippen molar-refractivity contribution in [3.63, 3.8) is 0 Å². The molecule has 1 aromatic rings. The van der Waals surface area contributed by atoms with Gasteiger partial charge in [0.15, 0.2) is 0 Å². The van der Waals surface area contributed by atoms with Gasteiger partial charge in [-0.3, -0.25) is 9.59 Å². The normalized spacial score (nSPS) is 20.4. The fraction of sp³-hybridized carbons (Fsp3) is 0.600. The second-order valence-electron chi connectivity index (χ2n) is 6.51. The Balaban J connectivity index is 1.90. The van der Waals surface area contributed by atoms with E-state index in [4.69, 9.17) is 0 Å². The summed E-state index contributed by atoms with van der Waals surface area (Å²) in [6.45, 7) is 4.65. The van der Waals surface area contributed by atoms with Crippen LogP contribution < -0.4 is 10.9 Å². The largest absolute Gasteiger partial charge is 0.388 e. The van der Waals surface area contributed by atoms with Crippen LogP contribution in [0.5, 0.6) is 0 Å². The van der Waals surface area contributed by atoms with E-state index in [1.165, 1.54) is 18.3 Å². The van der Waals surface area contributed by atoms with E-state index in [0.29, 0.717) is 18.4 Å². The van der Waals surface area contributed by atoms with E-state index in [0.717, 1.165) is 12.8 Å². The number of hydrogen-bond acceptors (Lipinski definition) is 3. The quantitative estimate of drug-likeness (QED) is 0.782. The number of hydrogen-bond donors (Lipinski definition) is 3. The minimum atomic E-state index is -0.812. The van der Waals surface area contributed by atoms with Gasteiger partial charge in [0.25, 0.3) is 5.91 Å². The van der Waals surface area contributed by atoms with E-state index in [2.05, 4.69) is 24.1 Å². The van der Waals surface area contributed by atoms with Gasteiger partial charge in [-0.15, -0.1) is 0 Å². The van der Waals surface area contributed by atoms with Crippen molar-refractivity contribution in [1.29, 1.82) is 0 Å². The molecule has 110 valence electrons. The predicted molar refractivity (Wildman–Crippen MR) is 76.6 cm³/mol. The summed E-state index contributed by atoms with van der Waals surface area (Å²) >= 11 is 0. The molecule has 3 N–H and O–H groups in total. The van der Waals surface area contributed by atoms with Crippen LogP contribution >= 0.6 is 0 Å². The van der Waals surface area contributed by atoms with Crippen LogP contribution in [0.3, 0.4) is 0 Å². The Morgan fingerprint density at radius 2 is 1.95 bits per heavy atom. The average molecular weight is 278 g/mol. The number of amides is 1. The molecule has 0 radical (unpaired) electrons. The van der Waals surface area contributed by atoms with Gasteiger partial charge in [-0.1, -0.05) is 13.8 Å². The summed E-state index contributed by atoms with van der Waals surface area (Å²) in [6.07, 6.45) is 4.69. The molecule has 0 aliphatic heterocycles. The van der Waals surface area contributed by atoms with Crippen LogP contribution in [0.25, 0.3) is 0 Å². The Morgan fingerprint density at radius 3 is 2.50 bits per heavy atom. The maximum absolute atomic E-state index is 11.9. The molecule has 0 saturated heterocycles. The molecule has 1 aromatic heterocycles. The lowest BCUT2D eigenvalue weighted by Gasteiger charge is -2.40. The Kier molecular flexibility index (Phi) is 3.99. The number of pyridine rings is 1. The van der Waals surface area contributed by atoms with Crippen molar-refractivity contribution < 1.29 is 9.90 Å². The lowest BCUT2D eigenvalue weighted by atomic mass is 9.71. The number of H-pyrrole nitrogens is 1. The summed E-state index contributed by atoms with van der Waals surface area (Å²) < 4.78 is 0. The van der Waals surface area contributed by atoms with Gasteiger partial charge in [-0.25, -0.2) is 0 Å². The Morgan fingerprint density at radius 1 is 1.30 bits per heavy atom. The minimum Gasteiger partial charge on any atom is -0.388 e. The smallest absolute Gasteiger partial charge is 0.252 e. The molecular formula is C15H22N2O3. The van der Waals surface area contributed by atoms with E-state index in [-0.39, 0.29) is 23.4 Å². The Hall–Kier alpha value is -1.62. The molecule has 1 heterocycles. The van der Waals surface area contributed by atoms with Crippen molar-refractivity contribution in [2.75, 3.05) is 6.54 Å². The van der Waals surface area contributed by atoms with Crippen molar-refractivity contribution >= 4 is 5.91 Å². The van der Waals surface area contributed by atoms with Gasteiger partial charge in [-0.05, 0) is 37.2 Å². The van der Waals surface area contributed by atoms with Crippen molar-refractivity contribution in [2.24, 2.45) is 5.41 Å². The Bertz CT molecular complexity index is 518. The molecule has 0 spiro atoms. The zero-order chi connectivity index (χ0) is 14.8. The first-order valence-corrected chi connectivity index (χ1v) is 6.99. The van der Waals surface area contributed by atoms with Gasteiger partial charge in [-0.2, -0.15) is 0 Å². The highest BCUT2D eigenvalue weighted by molar-refractivity contribution is 5.93. The van der Waals surface area contributed by atoms with Gasteiger partial charge in [0, 0.05) is 18.8 Å². The van der Waals surface area contributed by atoms with Crippen molar-refractivity contribution in [1.82, 2.24) is 10.3 Å². The maximum atomic E-state index is 11.9. The molecule has 5 nitrogen and oxygen atoms in total. The average Bonchev–Trinajstić information content (AvgIpc) is 2.41. The standard InChI is InChI=1S/C15H22N2O3/c1-14(2)5-7-15(20,8-6-14)10-17-13(19)11-3-4-12(18)16-9-11/h3-4,9,20H,5-8,10H2,1-2H3,(H,16,18)(H,17,19). The summed E-state index contributed by atoms with van der Waals surface area (Å²) in [5, 5.41) is 13.2. The minimum absolute atomic E-state index is 0.241. The highest BCUT2D eigenvalue weighted by Crippen LogP contribution is 2.39. The zero-order valence-electron chi connectivity index (χ0n) is 12.0. The van der Waals surface area contributed by atoms with E-state index in [1.807, 2.05) is 0 Å². The number of aromatic nitrogens is 1. The highest BCUT2D eigenvalue weighted by atomic mass is 16.3. The van der Waals surface area contributed by atoms with Gasteiger partial charge in [0.05, 0.1) is 11.2 Å². The number of carbonyl (C=O) groups excluding carboxylic acids is 1. The molecule has 1 fully saturated rings. The zero-order valence-corrected chi connectivity index (χ0v) is 12.0. The molecule has 1 aliphatic rings. The molecule has 20 heavy (non-hydrogen) atoms. The maximum Gasteiger partial charge on any atom is 0.252 e. The molecule has 1 amide bonds. The van der Waals surface area contributed by atoms with Gasteiger partial charge in [0.1, 0.15) is 0 Å². The molecular weight excluding hydrogens is 256 g/mol. The number of rotatable bonds is 3. The SMILES string of the molecule is CC1(C)CCC(O)(CNC(=O)c2ccc(=O)[nH]c2)CC1. The number of carbonyl (C=O) groups is 1. The van der Waals surface area contributed by atoms with Crippen molar-refractivity contribution in [3.05, 3.63) is 34.2 Å². The van der Waals surface area contributed by atoms with Crippen LogP contribution in [0.15, 0.2) is 23.1 Å². The lowest BCUT2D eigenvalue weighted by molar-refractivity contribution is -0.0233. The third kappa shape index (κ3) is 3.70. The first kappa shape index (κ1) is 14.8. The fourth-order valence-electron chi connectivity index (χ4n) is 2.47. The second kappa shape index (κ2) is 5.40. The number of aromatic amines is 1. The molecule has 0 aromatic carbocycles. The van der Waals surface area contributed by atoms with E-state index in [9.17, 15) is 14.7 Å². The van der Waals surface area contributed by atoms with Crippen molar-refractivity contribution in [2.45, 2.75) is 45.1 Å². The third-order valence-corrected chi connectivity index (χ3v) is 4.16. The van der Waals surface area contributed by atoms with Crippen LogP contribution in [0.2, 0.25) is 0 Å². The van der Waals surface area contributed by atoms with Crippen LogP contribution in [0, 0.1) is 5.41 Å². The third-order valence-electron chi connectivity index (χ3n) is 4.16. The summed E-state index contributed by atoms with van der Waals surface area (Å²) in [5.74, 6) is -0.278. The first-order valence-electron chi connectivity index (χ1n) is 6.99. The summed E-state index contributed by atoms with van der Waals surface area (Å²) in [6, 6.07) is 2.79. The molecule has 2 rings (SSSR count). The predicted octanol–water partition coefficient (Wildman–Crippen LogP) is 1.44. The second-order valence-corrected chi connectivity index (χ2v) is 6.51. The Labute approximate surface area is 118 Å². The van der Waals surface area contributed by atoms with Gasteiger partial charge >= 0.3 is 0 Å². The van der Waals surface area contributed by atoms with Crippen LogP contribution in [-0.4, -0.2) is 28.1 Å². The summed E-state index contributed by atoms with van der Waals surface area (Å²) in [4.78, 5) is 25.3. The fourth-order valence-corrected chi connectivity index (χ4v) is 2.47. The van der Waals surface area contributed by atoms with Crippen LogP contribution in [-0.2, 0) is 0 Å².